The van der Waals surface area contributed by atoms with E-state index in [2.05, 4.69) is 46.1 Å². The van der Waals surface area contributed by atoms with Gasteiger partial charge in [0.2, 0.25) is 0 Å². The molecular weight excluding hydrogens is 264 g/mol. The Morgan fingerprint density at radius 1 is 1.30 bits per heavy atom. The van der Waals surface area contributed by atoms with Crippen molar-refractivity contribution in [1.29, 1.82) is 0 Å². The van der Waals surface area contributed by atoms with Crippen LogP contribution in [0.25, 0.3) is 0 Å². The summed E-state index contributed by atoms with van der Waals surface area (Å²) in [6.07, 6.45) is 1.05. The zero-order valence-corrected chi connectivity index (χ0v) is 14.5. The van der Waals surface area contributed by atoms with E-state index in [4.69, 9.17) is 4.74 Å². The average Bonchev–Trinajstić information content (AvgIpc) is 2.35. The molecule has 0 saturated carbocycles. The number of ether oxygens (including phenoxy) is 1. The Morgan fingerprint density at radius 3 is 2.50 bits per heavy atom. The van der Waals surface area contributed by atoms with Crippen molar-refractivity contribution in [3.05, 3.63) is 36.0 Å². The van der Waals surface area contributed by atoms with Crippen molar-refractivity contribution in [3.63, 3.8) is 0 Å². The van der Waals surface area contributed by atoms with Crippen LogP contribution in [0.3, 0.4) is 0 Å². The van der Waals surface area contributed by atoms with Crippen molar-refractivity contribution in [2.24, 2.45) is 0 Å². The topological polar surface area (TPSA) is 29.5 Å². The van der Waals surface area contributed by atoms with Crippen molar-refractivity contribution in [2.75, 3.05) is 6.61 Å². The van der Waals surface area contributed by atoms with Gasteiger partial charge in [-0.15, -0.1) is 12.3 Å². The summed E-state index contributed by atoms with van der Waals surface area (Å²) in [5.74, 6) is 1.18. The van der Waals surface area contributed by atoms with Gasteiger partial charge in [-0.05, 0) is 30.0 Å². The quantitative estimate of drug-likeness (QED) is 0.597. The molecule has 1 aromatic rings. The minimum atomic E-state index is -1.22. The maximum atomic E-state index is 9.92. The van der Waals surface area contributed by atoms with Crippen molar-refractivity contribution in [1.82, 2.24) is 0 Å². The molecule has 0 saturated heterocycles. The van der Waals surface area contributed by atoms with Gasteiger partial charge < -0.3 is 9.84 Å². The van der Waals surface area contributed by atoms with Crippen LogP contribution in [0.1, 0.15) is 32.8 Å². The smallest absolute Gasteiger partial charge is 0.119 e. The number of rotatable bonds is 6. The molecule has 20 heavy (non-hydrogen) atoms. The molecule has 0 fully saturated rings. The number of benzene rings is 1. The second kappa shape index (κ2) is 6.49. The Bertz CT molecular complexity index is 459. The van der Waals surface area contributed by atoms with Crippen molar-refractivity contribution in [2.45, 2.75) is 51.7 Å². The third kappa shape index (κ3) is 5.04. The summed E-state index contributed by atoms with van der Waals surface area (Å²) in [6, 6.07) is 6.70. The first-order valence-corrected chi connectivity index (χ1v) is 10.5. The first-order valence-electron chi connectivity index (χ1n) is 7.25. The highest BCUT2D eigenvalue weighted by Gasteiger charge is 2.19. The lowest BCUT2D eigenvalue weighted by atomic mass is 9.86. The zero-order valence-electron chi connectivity index (χ0n) is 13.5. The summed E-state index contributed by atoms with van der Waals surface area (Å²) in [5, 5.41) is 9.92. The Kier molecular flexibility index (Phi) is 5.46. The summed E-state index contributed by atoms with van der Waals surface area (Å²) in [5.41, 5.74) is 2.97. The van der Waals surface area contributed by atoms with Gasteiger partial charge in [0.1, 0.15) is 11.5 Å². The largest absolute Gasteiger partial charge is 0.508 e. The van der Waals surface area contributed by atoms with E-state index < -0.39 is 8.07 Å². The van der Waals surface area contributed by atoms with E-state index in [-0.39, 0.29) is 5.41 Å². The molecule has 1 N–H and O–H groups in total. The third-order valence-electron chi connectivity index (χ3n) is 3.56. The maximum Gasteiger partial charge on any atom is 0.119 e. The molecule has 0 aliphatic heterocycles. The van der Waals surface area contributed by atoms with Crippen LogP contribution in [0.5, 0.6) is 11.5 Å². The summed E-state index contributed by atoms with van der Waals surface area (Å²) in [7, 11) is -1.22. The molecule has 0 spiro atoms. The zero-order chi connectivity index (χ0) is 15.4. The Hall–Kier alpha value is -1.22. The Balaban J connectivity index is 2.60. The van der Waals surface area contributed by atoms with Crippen molar-refractivity contribution in [3.8, 4) is 11.5 Å². The van der Waals surface area contributed by atoms with Crippen LogP contribution >= 0.6 is 0 Å². The van der Waals surface area contributed by atoms with Gasteiger partial charge in [-0.3, -0.25) is 0 Å². The summed E-state index contributed by atoms with van der Waals surface area (Å²) in [6.45, 7) is 15.5. The number of aromatic hydroxyl groups is 1. The maximum absolute atomic E-state index is 9.92. The van der Waals surface area contributed by atoms with E-state index in [1.54, 1.807) is 6.07 Å². The van der Waals surface area contributed by atoms with Gasteiger partial charge in [-0.2, -0.15) is 0 Å². The molecule has 2 nitrogen and oxygen atoms in total. The summed E-state index contributed by atoms with van der Waals surface area (Å²) in [4.78, 5) is 0. The molecule has 0 bridgehead atoms. The van der Waals surface area contributed by atoms with E-state index in [9.17, 15) is 5.11 Å². The van der Waals surface area contributed by atoms with Crippen LogP contribution in [-0.2, 0) is 5.41 Å². The lowest BCUT2D eigenvalue weighted by molar-refractivity contribution is 0.315. The van der Waals surface area contributed by atoms with Gasteiger partial charge in [0.25, 0.3) is 0 Å². The highest BCUT2D eigenvalue weighted by molar-refractivity contribution is 6.82. The molecule has 0 radical (unpaired) electrons. The molecule has 0 heterocycles. The van der Waals surface area contributed by atoms with E-state index in [1.807, 2.05) is 12.1 Å². The average molecular weight is 292 g/mol. The molecule has 0 atom stereocenters. The number of phenolic OH excluding ortho intramolecular Hbond substituents is 1. The predicted octanol–water partition coefficient (Wildman–Crippen LogP) is 4.89. The fraction of sp³-hybridized carbons (Fsp3) is 0.529. The van der Waals surface area contributed by atoms with Gasteiger partial charge in [0.15, 0.2) is 0 Å². The monoisotopic (exact) mass is 292 g/mol. The Labute approximate surface area is 124 Å². The normalized spacial score (nSPS) is 12.2. The minimum Gasteiger partial charge on any atom is -0.508 e. The van der Waals surface area contributed by atoms with Crippen LogP contribution in [0.4, 0.5) is 0 Å². The van der Waals surface area contributed by atoms with Crippen LogP contribution < -0.4 is 4.74 Å². The molecule has 3 heteroatoms. The number of hydrogen-bond donors (Lipinski definition) is 1. The fourth-order valence-corrected chi connectivity index (χ4v) is 3.29. The molecule has 112 valence electrons. The van der Waals surface area contributed by atoms with Gasteiger partial charge in [-0.25, -0.2) is 0 Å². The fourth-order valence-electron chi connectivity index (χ4n) is 2.03. The molecule has 1 rings (SSSR count). The lowest BCUT2D eigenvalue weighted by Crippen LogP contribution is -2.22. The van der Waals surface area contributed by atoms with Crippen LogP contribution in [0.15, 0.2) is 30.5 Å². The van der Waals surface area contributed by atoms with E-state index >= 15 is 0 Å². The second-order valence-electron chi connectivity index (χ2n) is 7.07. The predicted molar refractivity (Wildman–Crippen MR) is 89.4 cm³/mol. The standard InChI is InChI=1S/C17H28O2Si/c1-7-20(5,6)12-8-11-19-14-9-10-16(18)15(13-14)17(2,3)4/h7,9-10,13,18H,1,8,11-12H2,2-6H3. The first kappa shape index (κ1) is 16.8. The number of phenols is 1. The van der Waals surface area contributed by atoms with Crippen molar-refractivity contribution >= 4 is 8.07 Å². The Morgan fingerprint density at radius 2 is 1.95 bits per heavy atom. The third-order valence-corrected chi connectivity index (χ3v) is 6.31. The van der Waals surface area contributed by atoms with E-state index in [0.717, 1.165) is 24.3 Å². The van der Waals surface area contributed by atoms with Gasteiger partial charge in [-0.1, -0.05) is 39.9 Å². The number of hydrogen-bond acceptors (Lipinski definition) is 2. The van der Waals surface area contributed by atoms with Crippen LogP contribution in [0, 0.1) is 0 Å². The summed E-state index contributed by atoms with van der Waals surface area (Å²) < 4.78 is 5.81. The highest BCUT2D eigenvalue weighted by atomic mass is 28.3. The van der Waals surface area contributed by atoms with Gasteiger partial charge in [0, 0.05) is 5.56 Å². The van der Waals surface area contributed by atoms with Crippen LogP contribution in [-0.4, -0.2) is 19.8 Å². The molecule has 0 aromatic heterocycles. The van der Waals surface area contributed by atoms with Gasteiger partial charge >= 0.3 is 0 Å². The first-order chi connectivity index (χ1) is 9.15. The summed E-state index contributed by atoms with van der Waals surface area (Å²) >= 11 is 0. The van der Waals surface area contributed by atoms with E-state index in [1.165, 1.54) is 6.04 Å². The van der Waals surface area contributed by atoms with E-state index in [0.29, 0.717) is 5.75 Å². The van der Waals surface area contributed by atoms with Crippen molar-refractivity contribution < 1.29 is 9.84 Å². The SMILES string of the molecule is C=C[Si](C)(C)CCCOc1ccc(O)c(C(C)(C)C)c1. The molecular formula is C17H28O2Si. The second-order valence-corrected chi connectivity index (χ2v) is 12.0. The molecule has 0 unspecified atom stereocenters. The lowest BCUT2D eigenvalue weighted by Gasteiger charge is -2.21. The molecule has 1 aromatic carbocycles. The van der Waals surface area contributed by atoms with Crippen LogP contribution in [0.2, 0.25) is 19.1 Å². The highest BCUT2D eigenvalue weighted by Crippen LogP contribution is 2.33. The van der Waals surface area contributed by atoms with Gasteiger partial charge in [0.05, 0.1) is 14.7 Å². The minimum absolute atomic E-state index is 0.0821. The molecule has 0 amide bonds. The molecule has 0 aliphatic rings. The molecule has 0 aliphatic carbocycles.